The van der Waals surface area contributed by atoms with Crippen LogP contribution in [0.5, 0.6) is 0 Å². The number of aromatic nitrogens is 2. The lowest BCUT2D eigenvalue weighted by Gasteiger charge is -2.12. The van der Waals surface area contributed by atoms with E-state index in [4.69, 9.17) is 0 Å². The zero-order valence-corrected chi connectivity index (χ0v) is 15.7. The molecule has 1 heterocycles. The maximum absolute atomic E-state index is 12.7. The largest absolute Gasteiger partial charge is 0.320 e. The number of nitrogens with zero attached hydrogens (tertiary/aromatic N) is 3. The van der Waals surface area contributed by atoms with Crippen LogP contribution in [0.2, 0.25) is 0 Å². The third-order valence-corrected chi connectivity index (χ3v) is 4.99. The van der Waals surface area contributed by atoms with E-state index < -0.39 is 16.3 Å². The van der Waals surface area contributed by atoms with Gasteiger partial charge in [0.05, 0.1) is 4.92 Å². The highest BCUT2D eigenvalue weighted by molar-refractivity contribution is 6.02. The molecule has 2 aromatic carbocycles. The molecule has 29 heavy (non-hydrogen) atoms. The molecule has 1 amide bonds. The first-order chi connectivity index (χ1) is 13.9. The van der Waals surface area contributed by atoms with Gasteiger partial charge in [0.25, 0.3) is 11.6 Å². The number of carbonyl (C=O) groups excluding carboxylic acids is 1. The van der Waals surface area contributed by atoms with Gasteiger partial charge in [-0.1, -0.05) is 18.2 Å². The van der Waals surface area contributed by atoms with Crippen LogP contribution in [0.25, 0.3) is 5.69 Å². The van der Waals surface area contributed by atoms with Crippen LogP contribution >= 0.6 is 0 Å². The number of nitro groups is 1. The summed E-state index contributed by atoms with van der Waals surface area (Å²) in [6.07, 6.45) is 3.09. The number of carbonyl (C=O) groups is 1. The highest BCUT2D eigenvalue weighted by Crippen LogP contribution is 2.25. The minimum atomic E-state index is -0.653. The van der Waals surface area contributed by atoms with Gasteiger partial charge in [-0.05, 0) is 55.5 Å². The predicted octanol–water partition coefficient (Wildman–Crippen LogP) is 3.19. The van der Waals surface area contributed by atoms with Crippen molar-refractivity contribution in [2.45, 2.75) is 26.2 Å². The highest BCUT2D eigenvalue weighted by atomic mass is 16.6. The number of hydrogen-bond donors (Lipinski definition) is 1. The van der Waals surface area contributed by atoms with Crippen LogP contribution in [0.15, 0.2) is 53.3 Å². The van der Waals surface area contributed by atoms with Crippen LogP contribution in [0.1, 0.15) is 33.7 Å². The van der Waals surface area contributed by atoms with Crippen molar-refractivity contribution in [1.29, 1.82) is 0 Å². The molecule has 146 valence electrons. The van der Waals surface area contributed by atoms with Gasteiger partial charge in [-0.15, -0.1) is 0 Å². The Morgan fingerprint density at radius 1 is 1.14 bits per heavy atom. The fourth-order valence-electron chi connectivity index (χ4n) is 3.59. The molecule has 0 fully saturated rings. The van der Waals surface area contributed by atoms with Gasteiger partial charge < -0.3 is 5.32 Å². The minimum absolute atomic E-state index is 0.170. The molecule has 8 heteroatoms. The smallest absolute Gasteiger partial charge is 0.294 e. The van der Waals surface area contributed by atoms with Crippen molar-refractivity contribution < 1.29 is 9.72 Å². The molecule has 8 nitrogen and oxygen atoms in total. The molecule has 0 aliphatic heterocycles. The number of fused-ring (bicyclic) bond motifs is 1. The predicted molar refractivity (Wildman–Crippen MR) is 108 cm³/mol. The average Bonchev–Trinajstić information content (AvgIpc) is 3.16. The highest BCUT2D eigenvalue weighted by Gasteiger charge is 2.20. The van der Waals surface area contributed by atoms with Gasteiger partial charge in [0.15, 0.2) is 5.69 Å². The van der Waals surface area contributed by atoms with Crippen LogP contribution in [-0.2, 0) is 12.8 Å². The van der Waals surface area contributed by atoms with Crippen molar-refractivity contribution in [1.82, 2.24) is 9.78 Å². The minimum Gasteiger partial charge on any atom is -0.320 e. The number of benzene rings is 2. The van der Waals surface area contributed by atoms with E-state index in [1.54, 1.807) is 25.1 Å². The average molecular weight is 390 g/mol. The molecule has 1 aromatic heterocycles. The van der Waals surface area contributed by atoms with Crippen molar-refractivity contribution in [3.05, 3.63) is 91.4 Å². The summed E-state index contributed by atoms with van der Waals surface area (Å²) in [6, 6.07) is 13.0. The number of hydrogen-bond acceptors (Lipinski definition) is 5. The molecule has 3 aromatic rings. The zero-order valence-electron chi connectivity index (χ0n) is 15.7. The lowest BCUT2D eigenvalue weighted by Crippen LogP contribution is -2.27. The second kappa shape index (κ2) is 7.31. The normalized spacial score (nSPS) is 12.4. The molecule has 1 aliphatic rings. The number of nitro benzene ring substituents is 1. The van der Waals surface area contributed by atoms with E-state index in [0.717, 1.165) is 19.3 Å². The van der Waals surface area contributed by atoms with Crippen molar-refractivity contribution in [2.24, 2.45) is 0 Å². The van der Waals surface area contributed by atoms with Crippen LogP contribution in [-0.4, -0.2) is 20.6 Å². The molecule has 0 atom stereocenters. The van der Waals surface area contributed by atoms with E-state index in [2.05, 4.69) is 10.4 Å². The molecule has 0 spiro atoms. The van der Waals surface area contributed by atoms with Crippen LogP contribution in [0, 0.1) is 17.0 Å². The lowest BCUT2D eigenvalue weighted by molar-refractivity contribution is -0.384. The van der Waals surface area contributed by atoms with Gasteiger partial charge in [-0.25, -0.2) is 4.68 Å². The Bertz CT molecular complexity index is 1200. The van der Waals surface area contributed by atoms with E-state index in [9.17, 15) is 19.7 Å². The van der Waals surface area contributed by atoms with E-state index in [1.807, 2.05) is 12.1 Å². The van der Waals surface area contributed by atoms with Crippen LogP contribution in [0.3, 0.4) is 0 Å². The molecule has 0 bridgehead atoms. The fourth-order valence-corrected chi connectivity index (χ4v) is 3.59. The SMILES string of the molecule is Cc1cc(=O)c(C(=O)Nc2ccc3c(c2)CCC3)nn1-c1ccccc1[N+](=O)[O-]. The van der Waals surface area contributed by atoms with Crippen molar-refractivity contribution in [3.8, 4) is 5.69 Å². The van der Waals surface area contributed by atoms with Gasteiger partial charge in [-0.3, -0.25) is 19.7 Å². The Morgan fingerprint density at radius 3 is 2.69 bits per heavy atom. The number of para-hydroxylation sites is 2. The number of nitrogens with one attached hydrogen (secondary N) is 1. The first kappa shape index (κ1) is 18.5. The summed E-state index contributed by atoms with van der Waals surface area (Å²) in [5.41, 5.74) is 2.59. The van der Waals surface area contributed by atoms with Crippen molar-refractivity contribution in [3.63, 3.8) is 0 Å². The first-order valence-electron chi connectivity index (χ1n) is 9.22. The van der Waals surface area contributed by atoms with E-state index >= 15 is 0 Å². The molecule has 0 unspecified atom stereocenters. The number of rotatable bonds is 4. The summed E-state index contributed by atoms with van der Waals surface area (Å²) in [6.45, 7) is 1.60. The Morgan fingerprint density at radius 2 is 1.90 bits per heavy atom. The Balaban J connectivity index is 1.72. The molecule has 1 aliphatic carbocycles. The fraction of sp³-hybridized carbons (Fsp3) is 0.190. The van der Waals surface area contributed by atoms with Gasteiger partial charge in [-0.2, -0.15) is 5.10 Å². The quantitative estimate of drug-likeness (QED) is 0.544. The molecule has 0 radical (unpaired) electrons. The van der Waals surface area contributed by atoms with E-state index in [-0.39, 0.29) is 17.1 Å². The molecule has 0 saturated heterocycles. The Kier molecular flexibility index (Phi) is 4.67. The summed E-state index contributed by atoms with van der Waals surface area (Å²) >= 11 is 0. The Hall–Kier alpha value is -3.81. The maximum atomic E-state index is 12.7. The van der Waals surface area contributed by atoms with Gasteiger partial charge in [0.2, 0.25) is 5.43 Å². The molecule has 1 N–H and O–H groups in total. The van der Waals surface area contributed by atoms with E-state index in [1.165, 1.54) is 34.0 Å². The third kappa shape index (κ3) is 3.52. The molecular formula is C21H18N4O4. The summed E-state index contributed by atoms with van der Waals surface area (Å²) in [4.78, 5) is 35.9. The van der Waals surface area contributed by atoms with Crippen LogP contribution < -0.4 is 10.7 Å². The van der Waals surface area contributed by atoms with Crippen molar-refractivity contribution >= 4 is 17.3 Å². The molecule has 0 saturated carbocycles. The lowest BCUT2D eigenvalue weighted by atomic mass is 10.1. The van der Waals surface area contributed by atoms with Crippen molar-refractivity contribution in [2.75, 3.05) is 5.32 Å². The monoisotopic (exact) mass is 390 g/mol. The Labute approximate surface area is 166 Å². The summed E-state index contributed by atoms with van der Waals surface area (Å²) in [5, 5.41) is 18.2. The second-order valence-electron chi connectivity index (χ2n) is 6.95. The maximum Gasteiger partial charge on any atom is 0.294 e. The summed E-state index contributed by atoms with van der Waals surface area (Å²) < 4.78 is 1.25. The number of amides is 1. The third-order valence-electron chi connectivity index (χ3n) is 4.99. The van der Waals surface area contributed by atoms with Gasteiger partial charge in [0, 0.05) is 23.5 Å². The number of anilines is 1. The van der Waals surface area contributed by atoms with Gasteiger partial charge in [0.1, 0.15) is 5.69 Å². The van der Waals surface area contributed by atoms with E-state index in [0.29, 0.717) is 11.4 Å². The molecule has 4 rings (SSSR count). The second-order valence-corrected chi connectivity index (χ2v) is 6.95. The van der Waals surface area contributed by atoms with Gasteiger partial charge >= 0.3 is 0 Å². The molecular weight excluding hydrogens is 372 g/mol. The number of aryl methyl sites for hydroxylation is 3. The summed E-state index contributed by atoms with van der Waals surface area (Å²) in [7, 11) is 0. The van der Waals surface area contributed by atoms with Crippen LogP contribution in [0.4, 0.5) is 11.4 Å². The zero-order chi connectivity index (χ0) is 20.5. The summed E-state index contributed by atoms with van der Waals surface area (Å²) in [5.74, 6) is -0.653. The standard InChI is InChI=1S/C21H18N4O4/c1-13-11-19(26)20(23-24(13)17-7-2-3-8-18(17)25(28)29)21(27)22-16-10-9-14-5-4-6-15(14)12-16/h2-3,7-12H,4-6H2,1H3,(H,22,27). The topological polar surface area (TPSA) is 107 Å². The first-order valence-corrected chi connectivity index (χ1v) is 9.22.